The van der Waals surface area contributed by atoms with Crippen LogP contribution in [0.2, 0.25) is 0 Å². The Morgan fingerprint density at radius 2 is 0.686 bits per heavy atom. The molecule has 0 amide bonds. The lowest BCUT2D eigenvalue weighted by molar-refractivity contribution is 0.411. The standard InChI is InChI=1S/C66H88O2P2/c1-23-44-30-47(62(6,7)8)37-52(31-44)69(54-38-48(63(9,10)11)35-49(39-54)64(12,13)14)58-28-24-26-56(67-21)60(58)61-57(68-22)27-25-29-59(61)70(53-33-45(42(2)3)32-46(34-53)43(4)5)55-40-50(65(15,16)17)36-51(41-55)66(18,19)20/h24-43H,23H2,1-22H3. The summed E-state index contributed by atoms with van der Waals surface area (Å²) in [6.45, 7) is 47.0. The van der Waals surface area contributed by atoms with Crippen LogP contribution in [0.4, 0.5) is 0 Å². The molecule has 0 heterocycles. The lowest BCUT2D eigenvalue weighted by atomic mass is 9.81. The van der Waals surface area contributed by atoms with Gasteiger partial charge in [-0.25, -0.2) is 0 Å². The molecule has 0 saturated carbocycles. The van der Waals surface area contributed by atoms with Crippen molar-refractivity contribution in [2.24, 2.45) is 0 Å². The molecule has 6 aromatic rings. The fourth-order valence-corrected chi connectivity index (χ4v) is 14.5. The third-order valence-corrected chi connectivity index (χ3v) is 18.9. The van der Waals surface area contributed by atoms with Crippen molar-refractivity contribution in [3.05, 3.63) is 154 Å². The molecule has 0 bridgehead atoms. The summed E-state index contributed by atoms with van der Waals surface area (Å²) in [7, 11) is 1.34. The second kappa shape index (κ2) is 20.7. The van der Waals surface area contributed by atoms with Gasteiger partial charge in [0.2, 0.25) is 0 Å². The maximum atomic E-state index is 6.68. The predicted molar refractivity (Wildman–Crippen MR) is 313 cm³/mol. The average Bonchev–Trinajstić information content (AvgIpc) is 3.27. The second-order valence-corrected chi connectivity index (χ2v) is 29.9. The van der Waals surface area contributed by atoms with E-state index in [9.17, 15) is 0 Å². The highest BCUT2D eigenvalue weighted by Crippen LogP contribution is 2.49. The zero-order chi connectivity index (χ0) is 52.1. The van der Waals surface area contributed by atoms with E-state index in [4.69, 9.17) is 9.47 Å². The van der Waals surface area contributed by atoms with Crippen LogP contribution in [0, 0.1) is 0 Å². The first-order valence-electron chi connectivity index (χ1n) is 25.9. The molecule has 4 heteroatoms. The minimum atomic E-state index is -1.18. The molecule has 6 rings (SSSR count). The lowest BCUT2D eigenvalue weighted by Gasteiger charge is -2.32. The van der Waals surface area contributed by atoms with Gasteiger partial charge in [-0.15, -0.1) is 0 Å². The summed E-state index contributed by atoms with van der Waals surface area (Å²) in [4.78, 5) is 0. The van der Waals surface area contributed by atoms with Crippen LogP contribution in [-0.2, 0) is 33.5 Å². The van der Waals surface area contributed by atoms with Crippen molar-refractivity contribution >= 4 is 47.7 Å². The third-order valence-electron chi connectivity index (χ3n) is 14.1. The summed E-state index contributed by atoms with van der Waals surface area (Å²) in [5.41, 5.74) is 12.9. The van der Waals surface area contributed by atoms with Gasteiger partial charge >= 0.3 is 0 Å². The molecule has 2 atom stereocenters. The molecule has 70 heavy (non-hydrogen) atoms. The molecule has 0 aliphatic carbocycles. The summed E-state index contributed by atoms with van der Waals surface area (Å²) in [5.74, 6) is 2.45. The smallest absolute Gasteiger partial charge is 0.127 e. The van der Waals surface area contributed by atoms with Crippen molar-refractivity contribution in [3.63, 3.8) is 0 Å². The maximum absolute atomic E-state index is 6.68. The summed E-state index contributed by atoms with van der Waals surface area (Å²) in [6, 6.07) is 43.7. The number of rotatable bonds is 12. The number of methoxy groups -OCH3 is 2. The fraction of sp³-hybridized carbons (Fsp3) is 0.455. The Hall–Kier alpha value is -4.22. The lowest BCUT2D eigenvalue weighted by Crippen LogP contribution is -2.30. The van der Waals surface area contributed by atoms with Gasteiger partial charge in [0.25, 0.3) is 0 Å². The Bertz CT molecular complexity index is 2590. The van der Waals surface area contributed by atoms with Gasteiger partial charge in [0.05, 0.1) is 14.2 Å². The number of benzene rings is 6. The minimum Gasteiger partial charge on any atom is -0.496 e. The highest BCUT2D eigenvalue weighted by molar-refractivity contribution is 7.80. The normalized spacial score (nSPS) is 13.8. The van der Waals surface area contributed by atoms with E-state index in [1.54, 1.807) is 0 Å². The summed E-state index contributed by atoms with van der Waals surface area (Å²) < 4.78 is 13.4. The van der Waals surface area contributed by atoms with Gasteiger partial charge in [-0.2, -0.15) is 0 Å². The molecule has 374 valence electrons. The van der Waals surface area contributed by atoms with Crippen LogP contribution in [0.15, 0.2) is 109 Å². The molecule has 0 aromatic heterocycles. The highest BCUT2D eigenvalue weighted by atomic mass is 31.1. The summed E-state index contributed by atoms with van der Waals surface area (Å²) in [6.07, 6.45) is 0.958. The fourth-order valence-electron chi connectivity index (χ4n) is 9.22. The first kappa shape index (κ1) is 55.1. The zero-order valence-corrected chi connectivity index (χ0v) is 49.3. The van der Waals surface area contributed by atoms with E-state index in [0.29, 0.717) is 11.8 Å². The van der Waals surface area contributed by atoms with E-state index in [0.717, 1.165) is 29.0 Å². The van der Waals surface area contributed by atoms with Gasteiger partial charge in [-0.1, -0.05) is 236 Å². The van der Waals surface area contributed by atoms with E-state index in [1.807, 2.05) is 14.2 Å². The molecule has 0 saturated heterocycles. The molecule has 2 nitrogen and oxygen atoms in total. The van der Waals surface area contributed by atoms with E-state index in [2.05, 4.69) is 248 Å². The number of aryl methyl sites for hydroxylation is 1. The van der Waals surface area contributed by atoms with Crippen LogP contribution in [0.1, 0.15) is 195 Å². The maximum Gasteiger partial charge on any atom is 0.127 e. The number of hydrogen-bond donors (Lipinski definition) is 0. The van der Waals surface area contributed by atoms with Crippen LogP contribution < -0.4 is 41.3 Å². The highest BCUT2D eigenvalue weighted by Gasteiger charge is 2.34. The molecule has 0 aliphatic heterocycles. The largest absolute Gasteiger partial charge is 0.496 e. The van der Waals surface area contributed by atoms with Gasteiger partial charge in [-0.05, 0) is 150 Å². The molecule has 0 N–H and O–H groups in total. The average molecular weight is 975 g/mol. The van der Waals surface area contributed by atoms with E-state index in [1.165, 1.54) is 76.3 Å². The molecule has 0 radical (unpaired) electrons. The van der Waals surface area contributed by atoms with Crippen LogP contribution >= 0.6 is 15.8 Å². The van der Waals surface area contributed by atoms with Crippen LogP contribution in [0.3, 0.4) is 0 Å². The van der Waals surface area contributed by atoms with Gasteiger partial charge in [0.1, 0.15) is 11.5 Å². The second-order valence-electron chi connectivity index (χ2n) is 25.6. The van der Waals surface area contributed by atoms with Crippen LogP contribution in [0.25, 0.3) is 11.1 Å². The Labute approximate surface area is 429 Å². The summed E-state index contributed by atoms with van der Waals surface area (Å²) in [5, 5.41) is 7.97. The molecule has 2 unspecified atom stereocenters. The Kier molecular flexibility index (Phi) is 16.3. The van der Waals surface area contributed by atoms with Gasteiger partial charge in [0, 0.05) is 11.1 Å². The van der Waals surface area contributed by atoms with E-state index >= 15 is 0 Å². The predicted octanol–water partition coefficient (Wildman–Crippen LogP) is 16.2. The van der Waals surface area contributed by atoms with Crippen molar-refractivity contribution in [1.82, 2.24) is 0 Å². The topological polar surface area (TPSA) is 18.5 Å². The summed E-state index contributed by atoms with van der Waals surface area (Å²) >= 11 is 0. The van der Waals surface area contributed by atoms with Crippen molar-refractivity contribution in [1.29, 1.82) is 0 Å². The van der Waals surface area contributed by atoms with Crippen molar-refractivity contribution < 1.29 is 9.47 Å². The SMILES string of the molecule is CCc1cc(P(c2cc(C(C)(C)C)cc(C(C)(C)C)c2)c2cccc(OC)c2-c2c(OC)cccc2P(c2cc(C(C)C)cc(C(C)C)c2)c2cc(C(C)(C)C)cc(C(C)(C)C)c2)cc(C(C)(C)C)c1. The zero-order valence-electron chi connectivity index (χ0n) is 47.5. The number of ether oxygens (including phenoxy) is 2. The molecule has 6 aromatic carbocycles. The van der Waals surface area contributed by atoms with E-state index < -0.39 is 15.8 Å². The molecular formula is C66H88O2P2. The van der Waals surface area contributed by atoms with Crippen molar-refractivity contribution in [2.75, 3.05) is 14.2 Å². The quantitative estimate of drug-likeness (QED) is 0.114. The van der Waals surface area contributed by atoms with Crippen LogP contribution in [-0.4, -0.2) is 14.2 Å². The third kappa shape index (κ3) is 12.2. The monoisotopic (exact) mass is 975 g/mol. The Morgan fingerprint density at radius 1 is 0.386 bits per heavy atom. The van der Waals surface area contributed by atoms with Crippen molar-refractivity contribution in [2.45, 2.75) is 184 Å². The Balaban J connectivity index is 1.88. The van der Waals surface area contributed by atoms with Gasteiger partial charge < -0.3 is 9.47 Å². The van der Waals surface area contributed by atoms with Gasteiger partial charge in [0.15, 0.2) is 0 Å². The van der Waals surface area contributed by atoms with Crippen LogP contribution in [0.5, 0.6) is 11.5 Å². The number of hydrogen-bond acceptors (Lipinski definition) is 2. The molecule has 0 fully saturated rings. The van der Waals surface area contributed by atoms with E-state index in [-0.39, 0.29) is 27.1 Å². The Morgan fingerprint density at radius 3 is 0.971 bits per heavy atom. The van der Waals surface area contributed by atoms with Crippen molar-refractivity contribution in [3.8, 4) is 22.6 Å². The first-order valence-corrected chi connectivity index (χ1v) is 28.6. The minimum absolute atomic E-state index is 0.0412. The molecule has 0 aliphatic rings. The molecule has 0 spiro atoms. The molecular weight excluding hydrogens is 887 g/mol. The first-order chi connectivity index (χ1) is 32.4. The van der Waals surface area contributed by atoms with Gasteiger partial charge in [-0.3, -0.25) is 0 Å².